The van der Waals surface area contributed by atoms with Gasteiger partial charge in [0.15, 0.2) is 9.84 Å². The maximum atomic E-state index is 13.4. The minimum Gasteiger partial charge on any atom is -0.334 e. The van der Waals surface area contributed by atoms with Crippen LogP contribution in [-0.2, 0) is 9.84 Å². The fourth-order valence-electron chi connectivity index (χ4n) is 1.84. The molecule has 0 radical (unpaired) electrons. The number of rotatable bonds is 2. The number of anilines is 1. The van der Waals surface area contributed by atoms with Gasteiger partial charge in [0.2, 0.25) is 0 Å². The van der Waals surface area contributed by atoms with Gasteiger partial charge in [-0.15, -0.1) is 0 Å². The van der Waals surface area contributed by atoms with E-state index in [0.717, 1.165) is 6.07 Å². The largest absolute Gasteiger partial charge is 0.334 e. The predicted molar refractivity (Wildman–Crippen MR) is 70.6 cm³/mol. The van der Waals surface area contributed by atoms with Crippen molar-refractivity contribution in [2.45, 2.75) is 12.5 Å². The highest BCUT2D eigenvalue weighted by molar-refractivity contribution is 7.91. The summed E-state index contributed by atoms with van der Waals surface area (Å²) >= 11 is 5.59. The molecule has 0 aliphatic carbocycles. The van der Waals surface area contributed by atoms with Crippen LogP contribution in [0.15, 0.2) is 18.2 Å². The highest BCUT2D eigenvalue weighted by Gasteiger charge is 2.28. The molecule has 8 heteroatoms. The number of hydrogen-bond donors (Lipinski definition) is 2. The molecule has 104 valence electrons. The average Bonchev–Trinajstić information content (AvgIpc) is 2.62. The van der Waals surface area contributed by atoms with Crippen molar-refractivity contribution < 1.29 is 17.6 Å². The molecule has 1 aromatic rings. The van der Waals surface area contributed by atoms with Gasteiger partial charge in [0.05, 0.1) is 17.2 Å². The van der Waals surface area contributed by atoms with E-state index < -0.39 is 27.7 Å². The van der Waals surface area contributed by atoms with Crippen LogP contribution < -0.4 is 10.6 Å². The summed E-state index contributed by atoms with van der Waals surface area (Å²) in [4.78, 5) is 11.6. The summed E-state index contributed by atoms with van der Waals surface area (Å²) in [6.45, 7) is 0. The molecule has 1 fully saturated rings. The monoisotopic (exact) mass is 306 g/mol. The lowest BCUT2D eigenvalue weighted by molar-refractivity contribution is 0.249. The van der Waals surface area contributed by atoms with Crippen molar-refractivity contribution in [3.05, 3.63) is 29.0 Å². The molecule has 5 nitrogen and oxygen atoms in total. The molecule has 2 amide bonds. The topological polar surface area (TPSA) is 75.3 Å². The van der Waals surface area contributed by atoms with E-state index in [1.165, 1.54) is 12.1 Å². The summed E-state index contributed by atoms with van der Waals surface area (Å²) in [6, 6.07) is 2.80. The standard InChI is InChI=1S/C11H12ClFN2O3S/c12-7-1-2-10(9(13)5-7)15-11(16)14-8-3-4-19(17,18)6-8/h1-2,5,8H,3-4,6H2,(H2,14,15,16). The van der Waals surface area contributed by atoms with Gasteiger partial charge in [0, 0.05) is 11.1 Å². The lowest BCUT2D eigenvalue weighted by Crippen LogP contribution is -2.38. The Morgan fingerprint density at radius 3 is 2.74 bits per heavy atom. The third-order valence-electron chi connectivity index (χ3n) is 2.75. The number of benzene rings is 1. The first-order valence-electron chi connectivity index (χ1n) is 5.59. The number of amides is 2. The van der Waals surface area contributed by atoms with Gasteiger partial charge in [0.1, 0.15) is 5.82 Å². The first kappa shape index (κ1) is 14.1. The molecule has 1 atom stereocenters. The number of carbonyl (C=O) groups excluding carboxylic acids is 1. The molecular formula is C11H12ClFN2O3S. The van der Waals surface area contributed by atoms with Crippen LogP contribution in [0.4, 0.5) is 14.9 Å². The fraction of sp³-hybridized carbons (Fsp3) is 0.364. The second kappa shape index (κ2) is 5.34. The Morgan fingerprint density at radius 2 is 2.16 bits per heavy atom. The molecule has 1 saturated heterocycles. The molecule has 2 N–H and O–H groups in total. The zero-order valence-electron chi connectivity index (χ0n) is 9.82. The molecule has 1 aliphatic rings. The summed E-state index contributed by atoms with van der Waals surface area (Å²) in [7, 11) is -3.06. The average molecular weight is 307 g/mol. The Labute approximate surface area is 115 Å². The second-order valence-electron chi connectivity index (χ2n) is 4.32. The van der Waals surface area contributed by atoms with Crippen molar-refractivity contribution in [3.63, 3.8) is 0 Å². The lowest BCUT2D eigenvalue weighted by atomic mass is 10.3. The molecule has 19 heavy (non-hydrogen) atoms. The Morgan fingerprint density at radius 1 is 1.42 bits per heavy atom. The van der Waals surface area contributed by atoms with Crippen molar-refractivity contribution in [2.24, 2.45) is 0 Å². The number of carbonyl (C=O) groups is 1. The molecule has 0 saturated carbocycles. The molecule has 1 aliphatic heterocycles. The van der Waals surface area contributed by atoms with Crippen LogP contribution >= 0.6 is 11.6 Å². The molecule has 1 aromatic carbocycles. The van der Waals surface area contributed by atoms with E-state index in [1.54, 1.807) is 0 Å². The van der Waals surface area contributed by atoms with Gasteiger partial charge in [-0.2, -0.15) is 0 Å². The Kier molecular flexibility index (Phi) is 3.96. The summed E-state index contributed by atoms with van der Waals surface area (Å²) in [5.74, 6) is -0.668. The van der Waals surface area contributed by atoms with E-state index in [2.05, 4.69) is 10.6 Å². The quantitative estimate of drug-likeness (QED) is 0.874. The van der Waals surface area contributed by atoms with Crippen molar-refractivity contribution in [3.8, 4) is 0 Å². The van der Waals surface area contributed by atoms with Gasteiger partial charge in [-0.3, -0.25) is 0 Å². The van der Waals surface area contributed by atoms with Crippen LogP contribution in [-0.4, -0.2) is 32.0 Å². The van der Waals surface area contributed by atoms with E-state index in [1.807, 2.05) is 0 Å². The zero-order chi connectivity index (χ0) is 14.0. The highest BCUT2D eigenvalue weighted by Crippen LogP contribution is 2.19. The van der Waals surface area contributed by atoms with Gasteiger partial charge in [-0.1, -0.05) is 11.6 Å². The SMILES string of the molecule is O=C(Nc1ccc(Cl)cc1F)NC1CCS(=O)(=O)C1. The number of nitrogens with one attached hydrogen (secondary N) is 2. The summed E-state index contributed by atoms with van der Waals surface area (Å²) < 4.78 is 35.9. The van der Waals surface area contributed by atoms with Crippen LogP contribution in [0.5, 0.6) is 0 Å². The minimum atomic E-state index is -3.06. The Balaban J connectivity index is 1.95. The molecule has 1 unspecified atom stereocenters. The van der Waals surface area contributed by atoms with E-state index in [9.17, 15) is 17.6 Å². The van der Waals surface area contributed by atoms with Crippen molar-refractivity contribution in [1.82, 2.24) is 5.32 Å². The third-order valence-corrected chi connectivity index (χ3v) is 4.75. The highest BCUT2D eigenvalue weighted by atomic mass is 35.5. The van der Waals surface area contributed by atoms with Gasteiger partial charge in [-0.25, -0.2) is 17.6 Å². The van der Waals surface area contributed by atoms with Gasteiger partial charge < -0.3 is 10.6 Å². The van der Waals surface area contributed by atoms with Crippen LogP contribution in [0.25, 0.3) is 0 Å². The molecule has 1 heterocycles. The van der Waals surface area contributed by atoms with E-state index in [-0.39, 0.29) is 22.2 Å². The van der Waals surface area contributed by atoms with E-state index in [0.29, 0.717) is 6.42 Å². The van der Waals surface area contributed by atoms with Crippen molar-refractivity contribution in [1.29, 1.82) is 0 Å². The maximum absolute atomic E-state index is 13.4. The van der Waals surface area contributed by atoms with Crippen LogP contribution in [0.1, 0.15) is 6.42 Å². The summed E-state index contributed by atoms with van der Waals surface area (Å²) in [5.41, 5.74) is -0.0113. The third kappa shape index (κ3) is 3.81. The summed E-state index contributed by atoms with van der Waals surface area (Å²) in [6.07, 6.45) is 0.374. The summed E-state index contributed by atoms with van der Waals surface area (Å²) in [5, 5.41) is 5.04. The lowest BCUT2D eigenvalue weighted by Gasteiger charge is -2.12. The predicted octanol–water partition coefficient (Wildman–Crippen LogP) is 1.79. The molecule has 0 spiro atoms. The zero-order valence-corrected chi connectivity index (χ0v) is 11.4. The first-order valence-corrected chi connectivity index (χ1v) is 7.79. The Hall–Kier alpha value is -1.34. The van der Waals surface area contributed by atoms with Gasteiger partial charge in [0.25, 0.3) is 0 Å². The van der Waals surface area contributed by atoms with Gasteiger partial charge in [-0.05, 0) is 24.6 Å². The minimum absolute atomic E-state index is 0.0113. The molecule has 0 bridgehead atoms. The number of hydrogen-bond acceptors (Lipinski definition) is 3. The van der Waals surface area contributed by atoms with E-state index >= 15 is 0 Å². The normalized spacial score (nSPS) is 21.1. The Bertz CT molecular complexity index is 606. The van der Waals surface area contributed by atoms with Crippen molar-refractivity contribution >= 4 is 33.2 Å². The molecule has 2 rings (SSSR count). The number of urea groups is 1. The molecular weight excluding hydrogens is 295 g/mol. The van der Waals surface area contributed by atoms with Crippen LogP contribution in [0, 0.1) is 5.82 Å². The van der Waals surface area contributed by atoms with Crippen LogP contribution in [0.3, 0.4) is 0 Å². The molecule has 0 aromatic heterocycles. The maximum Gasteiger partial charge on any atom is 0.319 e. The van der Waals surface area contributed by atoms with E-state index in [4.69, 9.17) is 11.6 Å². The number of sulfone groups is 1. The second-order valence-corrected chi connectivity index (χ2v) is 6.99. The fourth-order valence-corrected chi connectivity index (χ4v) is 3.68. The number of halogens is 2. The smallest absolute Gasteiger partial charge is 0.319 e. The van der Waals surface area contributed by atoms with Gasteiger partial charge >= 0.3 is 6.03 Å². The van der Waals surface area contributed by atoms with Crippen LogP contribution in [0.2, 0.25) is 5.02 Å². The van der Waals surface area contributed by atoms with Crippen molar-refractivity contribution in [2.75, 3.05) is 16.8 Å². The first-order chi connectivity index (χ1) is 8.85.